The number of nitrogens with zero attached hydrogens (tertiary/aromatic N) is 2. The Kier molecular flexibility index (Phi) is 4.14. The molecule has 0 aliphatic carbocycles. The first-order valence-electron chi connectivity index (χ1n) is 5.71. The molecular formula is C12H16N4O2. The Bertz CT molecular complexity index is 485. The minimum absolute atomic E-state index is 0.187. The molecule has 0 aliphatic heterocycles. The van der Waals surface area contributed by atoms with E-state index in [1.54, 1.807) is 6.07 Å². The van der Waals surface area contributed by atoms with Crippen molar-refractivity contribution in [3.63, 3.8) is 0 Å². The molecule has 1 aromatic heterocycles. The molecule has 0 fully saturated rings. The van der Waals surface area contributed by atoms with Crippen molar-refractivity contribution >= 4 is 0 Å². The van der Waals surface area contributed by atoms with Crippen LogP contribution in [0.3, 0.4) is 0 Å². The van der Waals surface area contributed by atoms with Crippen molar-refractivity contribution in [3.8, 4) is 11.5 Å². The van der Waals surface area contributed by atoms with E-state index in [0.29, 0.717) is 12.3 Å². The summed E-state index contributed by atoms with van der Waals surface area (Å²) in [5.41, 5.74) is 0.812. The topological polar surface area (TPSA) is 83.1 Å². The first-order valence-corrected chi connectivity index (χ1v) is 5.71. The van der Waals surface area contributed by atoms with Crippen LogP contribution in [0.5, 0.6) is 11.5 Å². The van der Waals surface area contributed by atoms with Crippen LogP contribution in [0.2, 0.25) is 0 Å². The van der Waals surface area contributed by atoms with Gasteiger partial charge in [0.2, 0.25) is 0 Å². The molecule has 2 rings (SSSR count). The van der Waals surface area contributed by atoms with Gasteiger partial charge in [-0.25, -0.2) is 4.98 Å². The molecule has 0 aliphatic rings. The average molecular weight is 248 g/mol. The van der Waals surface area contributed by atoms with Crippen LogP contribution in [0, 0.1) is 0 Å². The monoisotopic (exact) mass is 248 g/mol. The zero-order valence-corrected chi connectivity index (χ0v) is 10.2. The number of nitrogens with one attached hydrogen (secondary N) is 2. The molecular weight excluding hydrogens is 232 g/mol. The lowest BCUT2D eigenvalue weighted by molar-refractivity contribution is 0.369. The molecule has 0 saturated carbocycles. The van der Waals surface area contributed by atoms with Gasteiger partial charge in [0.15, 0.2) is 11.5 Å². The average Bonchev–Trinajstić information content (AvgIpc) is 2.89. The lowest BCUT2D eigenvalue weighted by atomic mass is 10.2. The standard InChI is InChI=1S/C12H16N4O2/c1-18-10-4-2-3-9(12(10)17)7-13-6-5-11-14-8-15-16-11/h2-4,8,13,17H,5-7H2,1H3,(H,14,15,16). The summed E-state index contributed by atoms with van der Waals surface area (Å²) in [7, 11) is 1.54. The van der Waals surface area contributed by atoms with E-state index in [9.17, 15) is 5.11 Å². The normalized spacial score (nSPS) is 10.5. The lowest BCUT2D eigenvalue weighted by Crippen LogP contribution is -2.17. The molecule has 6 heteroatoms. The third-order valence-electron chi connectivity index (χ3n) is 2.62. The molecule has 2 aromatic rings. The van der Waals surface area contributed by atoms with Gasteiger partial charge in [-0.15, -0.1) is 0 Å². The number of hydrogen-bond donors (Lipinski definition) is 3. The fraction of sp³-hybridized carbons (Fsp3) is 0.333. The van der Waals surface area contributed by atoms with E-state index in [2.05, 4.69) is 20.5 Å². The van der Waals surface area contributed by atoms with Crippen LogP contribution in [0.4, 0.5) is 0 Å². The maximum Gasteiger partial charge on any atom is 0.162 e. The highest BCUT2D eigenvalue weighted by Gasteiger charge is 2.06. The first kappa shape index (κ1) is 12.4. The number of H-pyrrole nitrogens is 1. The Hall–Kier alpha value is -2.08. The number of methoxy groups -OCH3 is 1. The number of rotatable bonds is 6. The maximum absolute atomic E-state index is 9.88. The Morgan fingerprint density at radius 3 is 3.06 bits per heavy atom. The molecule has 0 radical (unpaired) electrons. The first-order chi connectivity index (χ1) is 8.81. The second-order valence-electron chi connectivity index (χ2n) is 3.83. The Balaban J connectivity index is 1.83. The summed E-state index contributed by atoms with van der Waals surface area (Å²) in [6.07, 6.45) is 2.26. The van der Waals surface area contributed by atoms with Crippen LogP contribution < -0.4 is 10.1 Å². The molecule has 18 heavy (non-hydrogen) atoms. The van der Waals surface area contributed by atoms with Gasteiger partial charge in [-0.2, -0.15) is 5.10 Å². The van der Waals surface area contributed by atoms with Gasteiger partial charge in [0, 0.05) is 25.1 Å². The summed E-state index contributed by atoms with van der Waals surface area (Å²) in [5, 5.41) is 19.7. The third-order valence-corrected chi connectivity index (χ3v) is 2.62. The van der Waals surface area contributed by atoms with E-state index < -0.39 is 0 Å². The van der Waals surface area contributed by atoms with E-state index in [1.807, 2.05) is 12.1 Å². The quantitative estimate of drug-likeness (QED) is 0.660. The number of phenols is 1. The number of aromatic hydroxyl groups is 1. The molecule has 1 heterocycles. The molecule has 0 atom stereocenters. The molecule has 0 unspecified atom stereocenters. The van der Waals surface area contributed by atoms with E-state index in [1.165, 1.54) is 13.4 Å². The molecule has 0 spiro atoms. The summed E-state index contributed by atoms with van der Waals surface area (Å²) < 4.78 is 5.05. The second-order valence-corrected chi connectivity index (χ2v) is 3.83. The van der Waals surface area contributed by atoms with Gasteiger partial charge >= 0.3 is 0 Å². The SMILES string of the molecule is COc1cccc(CNCCc2ncn[nH]2)c1O. The fourth-order valence-electron chi connectivity index (χ4n) is 1.66. The van der Waals surface area contributed by atoms with Gasteiger partial charge in [-0.05, 0) is 6.07 Å². The Labute approximate surface area is 105 Å². The van der Waals surface area contributed by atoms with Crippen molar-refractivity contribution in [2.24, 2.45) is 0 Å². The largest absolute Gasteiger partial charge is 0.504 e. The number of hydrogen-bond acceptors (Lipinski definition) is 5. The van der Waals surface area contributed by atoms with Gasteiger partial charge < -0.3 is 15.2 Å². The van der Waals surface area contributed by atoms with Crippen molar-refractivity contribution in [2.75, 3.05) is 13.7 Å². The van der Waals surface area contributed by atoms with Gasteiger partial charge in [0.1, 0.15) is 12.2 Å². The van der Waals surface area contributed by atoms with Crippen molar-refractivity contribution in [1.29, 1.82) is 0 Å². The van der Waals surface area contributed by atoms with Crippen molar-refractivity contribution < 1.29 is 9.84 Å². The molecule has 0 saturated heterocycles. The Morgan fingerprint density at radius 1 is 1.44 bits per heavy atom. The predicted molar refractivity (Wildman–Crippen MR) is 66.5 cm³/mol. The van der Waals surface area contributed by atoms with Crippen LogP contribution in [0.1, 0.15) is 11.4 Å². The zero-order valence-electron chi connectivity index (χ0n) is 10.2. The van der Waals surface area contributed by atoms with E-state index in [4.69, 9.17) is 4.74 Å². The number of para-hydroxylation sites is 1. The second kappa shape index (κ2) is 6.02. The summed E-state index contributed by atoms with van der Waals surface area (Å²) >= 11 is 0. The highest BCUT2D eigenvalue weighted by atomic mass is 16.5. The van der Waals surface area contributed by atoms with Gasteiger partial charge in [0.05, 0.1) is 7.11 Å². The van der Waals surface area contributed by atoms with Gasteiger partial charge in [0.25, 0.3) is 0 Å². The van der Waals surface area contributed by atoms with Crippen LogP contribution in [0.15, 0.2) is 24.5 Å². The molecule has 1 aromatic carbocycles. The number of benzene rings is 1. The maximum atomic E-state index is 9.88. The number of aromatic amines is 1. The minimum Gasteiger partial charge on any atom is -0.504 e. The Morgan fingerprint density at radius 2 is 2.33 bits per heavy atom. The minimum atomic E-state index is 0.187. The molecule has 6 nitrogen and oxygen atoms in total. The van der Waals surface area contributed by atoms with E-state index >= 15 is 0 Å². The van der Waals surface area contributed by atoms with Crippen LogP contribution in [-0.4, -0.2) is 33.9 Å². The molecule has 96 valence electrons. The van der Waals surface area contributed by atoms with E-state index in [0.717, 1.165) is 24.4 Å². The predicted octanol–water partition coefficient (Wildman–Crippen LogP) is 0.851. The lowest BCUT2D eigenvalue weighted by Gasteiger charge is -2.09. The van der Waals surface area contributed by atoms with Gasteiger partial charge in [-0.3, -0.25) is 5.10 Å². The van der Waals surface area contributed by atoms with Crippen molar-refractivity contribution in [2.45, 2.75) is 13.0 Å². The third kappa shape index (κ3) is 2.98. The summed E-state index contributed by atoms with van der Waals surface area (Å²) in [5.74, 6) is 1.52. The van der Waals surface area contributed by atoms with Gasteiger partial charge in [-0.1, -0.05) is 12.1 Å². The smallest absolute Gasteiger partial charge is 0.162 e. The number of phenolic OH excluding ortho intramolecular Hbond substituents is 1. The molecule has 0 amide bonds. The highest BCUT2D eigenvalue weighted by Crippen LogP contribution is 2.28. The van der Waals surface area contributed by atoms with Crippen molar-refractivity contribution in [1.82, 2.24) is 20.5 Å². The van der Waals surface area contributed by atoms with Crippen LogP contribution in [-0.2, 0) is 13.0 Å². The highest BCUT2D eigenvalue weighted by molar-refractivity contribution is 5.45. The van der Waals surface area contributed by atoms with E-state index in [-0.39, 0.29) is 5.75 Å². The van der Waals surface area contributed by atoms with Crippen LogP contribution >= 0.6 is 0 Å². The summed E-state index contributed by atoms with van der Waals surface area (Å²) in [6.45, 7) is 1.34. The molecule has 3 N–H and O–H groups in total. The summed E-state index contributed by atoms with van der Waals surface area (Å²) in [4.78, 5) is 4.03. The fourth-order valence-corrected chi connectivity index (χ4v) is 1.66. The van der Waals surface area contributed by atoms with Crippen LogP contribution in [0.25, 0.3) is 0 Å². The zero-order chi connectivity index (χ0) is 12.8. The number of aromatic nitrogens is 3. The number of ether oxygens (including phenoxy) is 1. The van der Waals surface area contributed by atoms with Crippen molar-refractivity contribution in [3.05, 3.63) is 35.9 Å². The molecule has 0 bridgehead atoms. The summed E-state index contributed by atoms with van der Waals surface area (Å²) in [6, 6.07) is 5.44.